The van der Waals surface area contributed by atoms with Gasteiger partial charge in [-0.25, -0.2) is 0 Å². The molecule has 2 aromatic carbocycles. The summed E-state index contributed by atoms with van der Waals surface area (Å²) in [6.45, 7) is 7.85. The Balaban J connectivity index is 1.48. The van der Waals surface area contributed by atoms with E-state index in [0.717, 1.165) is 46.9 Å². The van der Waals surface area contributed by atoms with Crippen molar-refractivity contribution in [3.63, 3.8) is 0 Å². The number of hydrogen-bond acceptors (Lipinski definition) is 6. The molecule has 0 N–H and O–H groups in total. The van der Waals surface area contributed by atoms with E-state index in [2.05, 4.69) is 63.8 Å². The van der Waals surface area contributed by atoms with Crippen LogP contribution in [0, 0.1) is 13.8 Å². The van der Waals surface area contributed by atoms with Gasteiger partial charge in [-0.1, -0.05) is 42.1 Å². The van der Waals surface area contributed by atoms with Crippen molar-refractivity contribution in [3.8, 4) is 11.4 Å². The predicted molar refractivity (Wildman–Crippen MR) is 117 cm³/mol. The Hall–Kier alpha value is -2.51. The van der Waals surface area contributed by atoms with Gasteiger partial charge in [-0.05, 0) is 43.2 Å². The third kappa shape index (κ3) is 4.74. The van der Waals surface area contributed by atoms with Crippen molar-refractivity contribution in [2.45, 2.75) is 19.0 Å². The van der Waals surface area contributed by atoms with Gasteiger partial charge in [-0.2, -0.15) is 0 Å². The highest BCUT2D eigenvalue weighted by Crippen LogP contribution is 2.27. The summed E-state index contributed by atoms with van der Waals surface area (Å²) < 4.78 is 13.6. The van der Waals surface area contributed by atoms with Gasteiger partial charge in [0.1, 0.15) is 5.75 Å². The number of para-hydroxylation sites is 1. The van der Waals surface area contributed by atoms with Gasteiger partial charge in [0, 0.05) is 18.8 Å². The fraction of sp³-hybridized carbons (Fsp3) is 0.364. The van der Waals surface area contributed by atoms with Crippen LogP contribution < -0.4 is 9.64 Å². The van der Waals surface area contributed by atoms with Gasteiger partial charge in [0.15, 0.2) is 5.16 Å². The smallest absolute Gasteiger partial charge is 0.232 e. The molecule has 7 heteroatoms. The second-order valence-corrected chi connectivity index (χ2v) is 8.08. The van der Waals surface area contributed by atoms with Crippen molar-refractivity contribution in [2.75, 3.05) is 43.6 Å². The molecular formula is C22H26N4O2S. The highest BCUT2D eigenvalue weighted by molar-refractivity contribution is 7.99. The van der Waals surface area contributed by atoms with E-state index in [4.69, 9.17) is 9.47 Å². The molecule has 0 bridgehead atoms. The Bertz CT molecular complexity index is 939. The van der Waals surface area contributed by atoms with Crippen LogP contribution in [-0.4, -0.2) is 53.4 Å². The Morgan fingerprint density at radius 2 is 1.83 bits per heavy atom. The standard InChI is InChI=1S/C22H26N4O2S/c1-17-8-9-18(2)20(16-17)28-14-15-29-22-24-23-21(25-10-12-27-13-11-25)26(22)19-6-4-3-5-7-19/h3-9,16H,10-15H2,1-2H3. The first kappa shape index (κ1) is 19.8. The number of anilines is 1. The van der Waals surface area contributed by atoms with E-state index < -0.39 is 0 Å². The molecule has 3 aromatic rings. The van der Waals surface area contributed by atoms with Crippen LogP contribution >= 0.6 is 11.8 Å². The van der Waals surface area contributed by atoms with E-state index in [-0.39, 0.29) is 0 Å². The molecule has 0 amide bonds. The maximum atomic E-state index is 6.00. The van der Waals surface area contributed by atoms with Crippen LogP contribution in [0.1, 0.15) is 11.1 Å². The van der Waals surface area contributed by atoms with E-state index in [1.807, 2.05) is 18.2 Å². The summed E-state index contributed by atoms with van der Waals surface area (Å²) in [5.41, 5.74) is 3.43. The van der Waals surface area contributed by atoms with E-state index in [9.17, 15) is 0 Å². The van der Waals surface area contributed by atoms with E-state index in [1.54, 1.807) is 11.8 Å². The Kier molecular flexibility index (Phi) is 6.36. The van der Waals surface area contributed by atoms with E-state index >= 15 is 0 Å². The first-order chi connectivity index (χ1) is 14.2. The van der Waals surface area contributed by atoms with Gasteiger partial charge in [-0.3, -0.25) is 4.57 Å². The van der Waals surface area contributed by atoms with Crippen LogP contribution in [0.2, 0.25) is 0 Å². The molecule has 6 nitrogen and oxygen atoms in total. The summed E-state index contributed by atoms with van der Waals surface area (Å²) in [7, 11) is 0. The largest absolute Gasteiger partial charge is 0.492 e. The zero-order valence-corrected chi connectivity index (χ0v) is 17.7. The zero-order valence-electron chi connectivity index (χ0n) is 16.9. The van der Waals surface area contributed by atoms with Gasteiger partial charge in [0.25, 0.3) is 0 Å². The fourth-order valence-electron chi connectivity index (χ4n) is 3.27. The molecule has 2 heterocycles. The minimum absolute atomic E-state index is 0.615. The molecule has 0 spiro atoms. The lowest BCUT2D eigenvalue weighted by Gasteiger charge is -2.27. The highest BCUT2D eigenvalue weighted by Gasteiger charge is 2.21. The summed E-state index contributed by atoms with van der Waals surface area (Å²) in [5.74, 6) is 2.61. The monoisotopic (exact) mass is 410 g/mol. The van der Waals surface area contributed by atoms with Crippen LogP contribution in [0.4, 0.5) is 5.95 Å². The normalized spacial score (nSPS) is 14.2. The highest BCUT2D eigenvalue weighted by atomic mass is 32.2. The van der Waals surface area contributed by atoms with Gasteiger partial charge in [0.05, 0.1) is 25.5 Å². The predicted octanol–water partition coefficient (Wildman–Crippen LogP) is 3.89. The average molecular weight is 411 g/mol. The molecule has 1 aromatic heterocycles. The van der Waals surface area contributed by atoms with E-state index in [0.29, 0.717) is 19.8 Å². The van der Waals surface area contributed by atoms with Gasteiger partial charge in [0.2, 0.25) is 5.95 Å². The molecular weight excluding hydrogens is 384 g/mol. The summed E-state index contributed by atoms with van der Waals surface area (Å²) >= 11 is 1.66. The van der Waals surface area contributed by atoms with Crippen molar-refractivity contribution in [1.82, 2.24) is 14.8 Å². The number of rotatable bonds is 7. The molecule has 1 saturated heterocycles. The summed E-state index contributed by atoms with van der Waals surface area (Å²) in [5, 5.41) is 9.86. The van der Waals surface area contributed by atoms with Crippen LogP contribution in [-0.2, 0) is 4.74 Å². The van der Waals surface area contributed by atoms with Crippen molar-refractivity contribution in [1.29, 1.82) is 0 Å². The Morgan fingerprint density at radius 3 is 2.62 bits per heavy atom. The van der Waals surface area contributed by atoms with Crippen molar-refractivity contribution >= 4 is 17.7 Å². The lowest BCUT2D eigenvalue weighted by molar-refractivity contribution is 0.122. The van der Waals surface area contributed by atoms with Crippen LogP contribution in [0.15, 0.2) is 53.7 Å². The number of aryl methyl sites for hydroxylation is 2. The number of benzene rings is 2. The quantitative estimate of drug-likeness (QED) is 0.435. The fourth-order valence-corrected chi connectivity index (χ4v) is 4.04. The number of aromatic nitrogens is 3. The van der Waals surface area contributed by atoms with Crippen molar-refractivity contribution < 1.29 is 9.47 Å². The molecule has 0 atom stereocenters. The van der Waals surface area contributed by atoms with Crippen LogP contribution in [0.3, 0.4) is 0 Å². The van der Waals surface area contributed by atoms with Gasteiger partial charge >= 0.3 is 0 Å². The van der Waals surface area contributed by atoms with Crippen molar-refractivity contribution in [2.24, 2.45) is 0 Å². The SMILES string of the molecule is Cc1ccc(C)c(OCCSc2nnc(N3CCOCC3)n2-c2ccccc2)c1. The first-order valence-electron chi connectivity index (χ1n) is 9.89. The summed E-state index contributed by atoms with van der Waals surface area (Å²) in [6.07, 6.45) is 0. The topological polar surface area (TPSA) is 52.4 Å². The Morgan fingerprint density at radius 1 is 1.03 bits per heavy atom. The number of nitrogens with zero attached hydrogens (tertiary/aromatic N) is 4. The van der Waals surface area contributed by atoms with Crippen LogP contribution in [0.25, 0.3) is 5.69 Å². The molecule has 29 heavy (non-hydrogen) atoms. The number of morpholine rings is 1. The maximum absolute atomic E-state index is 6.00. The second kappa shape index (κ2) is 9.33. The maximum Gasteiger partial charge on any atom is 0.232 e. The Labute approximate surface area is 175 Å². The first-order valence-corrected chi connectivity index (χ1v) is 10.9. The number of ether oxygens (including phenoxy) is 2. The summed E-state index contributed by atoms with van der Waals surface area (Å²) in [4.78, 5) is 2.24. The van der Waals surface area contributed by atoms with E-state index in [1.165, 1.54) is 5.56 Å². The molecule has 0 unspecified atom stereocenters. The average Bonchev–Trinajstić information content (AvgIpc) is 3.18. The van der Waals surface area contributed by atoms with Gasteiger partial charge < -0.3 is 14.4 Å². The molecule has 1 aliphatic heterocycles. The van der Waals surface area contributed by atoms with Crippen LogP contribution in [0.5, 0.6) is 5.75 Å². The third-order valence-corrected chi connectivity index (χ3v) is 5.73. The molecule has 152 valence electrons. The third-order valence-electron chi connectivity index (χ3n) is 4.84. The molecule has 4 rings (SSSR count). The summed E-state index contributed by atoms with van der Waals surface area (Å²) in [6, 6.07) is 16.6. The van der Waals surface area contributed by atoms with Gasteiger partial charge in [-0.15, -0.1) is 10.2 Å². The molecule has 1 fully saturated rings. The molecule has 1 aliphatic rings. The number of hydrogen-bond donors (Lipinski definition) is 0. The zero-order chi connectivity index (χ0) is 20.1. The lowest BCUT2D eigenvalue weighted by atomic mass is 10.1. The number of thioether (sulfide) groups is 1. The lowest BCUT2D eigenvalue weighted by Crippen LogP contribution is -2.37. The molecule has 0 saturated carbocycles. The molecule has 0 aliphatic carbocycles. The van der Waals surface area contributed by atoms with Crippen molar-refractivity contribution in [3.05, 3.63) is 59.7 Å². The second-order valence-electron chi connectivity index (χ2n) is 7.02. The minimum Gasteiger partial charge on any atom is -0.492 e. The molecule has 0 radical (unpaired) electrons. The minimum atomic E-state index is 0.615.